The number of carbonyl (C=O) groups is 1. The van der Waals surface area contributed by atoms with Crippen LogP contribution in [0, 0.1) is 5.82 Å². The molecule has 0 bridgehead atoms. The fourth-order valence-electron chi connectivity index (χ4n) is 1.44. The molecule has 94 valence electrons. The number of hydrogen-bond acceptors (Lipinski definition) is 3. The predicted molar refractivity (Wildman–Crippen MR) is 65.4 cm³/mol. The van der Waals surface area contributed by atoms with Crippen molar-refractivity contribution in [2.24, 2.45) is 0 Å². The van der Waals surface area contributed by atoms with Gasteiger partial charge in [-0.3, -0.25) is 4.79 Å². The number of amides is 1. The summed E-state index contributed by atoms with van der Waals surface area (Å²) in [6.45, 7) is 0.431. The van der Waals surface area contributed by atoms with E-state index < -0.39 is 0 Å². The van der Waals surface area contributed by atoms with Gasteiger partial charge in [0.15, 0.2) is 0 Å². The Labute approximate surface area is 104 Å². The molecule has 4 nitrogen and oxygen atoms in total. The van der Waals surface area contributed by atoms with Gasteiger partial charge < -0.3 is 15.1 Å². The Morgan fingerprint density at radius 3 is 2.89 bits per heavy atom. The van der Waals surface area contributed by atoms with Gasteiger partial charge >= 0.3 is 0 Å². The number of halogens is 1. The topological polar surface area (TPSA) is 54.3 Å². The second-order valence-corrected chi connectivity index (χ2v) is 3.72. The van der Waals surface area contributed by atoms with Gasteiger partial charge in [-0.15, -0.1) is 0 Å². The van der Waals surface area contributed by atoms with Gasteiger partial charge in [-0.1, -0.05) is 6.07 Å². The van der Waals surface area contributed by atoms with E-state index in [1.165, 1.54) is 12.1 Å². The maximum atomic E-state index is 12.9. The lowest BCUT2D eigenvalue weighted by molar-refractivity contribution is -0.119. The Kier molecular flexibility index (Phi) is 3.96. The third-order valence-corrected chi connectivity index (χ3v) is 2.32. The smallest absolute Gasteiger partial charge is 0.239 e. The number of carbonyl (C=O) groups excluding carboxylic acids is 1. The third kappa shape index (κ3) is 3.62. The molecule has 0 atom stereocenters. The van der Waals surface area contributed by atoms with Gasteiger partial charge in [0.05, 0.1) is 19.4 Å². The zero-order chi connectivity index (χ0) is 12.8. The first-order chi connectivity index (χ1) is 8.74. The van der Waals surface area contributed by atoms with Crippen LogP contribution < -0.4 is 10.6 Å². The minimum absolute atomic E-state index is 0.0875. The standard InChI is InChI=1S/C13H13FN2O2/c14-10-3-1-4-11(7-10)15-9-13(17)16-8-12-5-2-6-18-12/h1-7,15H,8-9H2,(H,16,17). The first kappa shape index (κ1) is 12.2. The van der Waals surface area contributed by atoms with Gasteiger partial charge in [0, 0.05) is 5.69 Å². The van der Waals surface area contributed by atoms with Crippen LogP contribution in [0.15, 0.2) is 47.1 Å². The van der Waals surface area contributed by atoms with Crippen molar-refractivity contribution in [3.8, 4) is 0 Å². The lowest BCUT2D eigenvalue weighted by atomic mass is 10.3. The predicted octanol–water partition coefficient (Wildman–Crippen LogP) is 2.15. The van der Waals surface area contributed by atoms with E-state index in [1.807, 2.05) is 0 Å². The molecule has 18 heavy (non-hydrogen) atoms. The SMILES string of the molecule is O=C(CNc1cccc(F)c1)NCc1ccco1. The average molecular weight is 248 g/mol. The van der Waals surface area contributed by atoms with E-state index in [2.05, 4.69) is 10.6 Å². The zero-order valence-corrected chi connectivity index (χ0v) is 9.65. The maximum Gasteiger partial charge on any atom is 0.239 e. The Morgan fingerprint density at radius 1 is 1.28 bits per heavy atom. The first-order valence-electron chi connectivity index (χ1n) is 5.52. The zero-order valence-electron chi connectivity index (χ0n) is 9.65. The van der Waals surface area contributed by atoms with E-state index >= 15 is 0 Å². The number of rotatable bonds is 5. The van der Waals surface area contributed by atoms with E-state index in [0.29, 0.717) is 18.0 Å². The normalized spacial score (nSPS) is 10.1. The number of anilines is 1. The molecule has 0 aliphatic heterocycles. The van der Waals surface area contributed by atoms with Crippen LogP contribution in [0.25, 0.3) is 0 Å². The minimum atomic E-state index is -0.337. The van der Waals surface area contributed by atoms with Crippen molar-refractivity contribution in [1.82, 2.24) is 5.32 Å². The second kappa shape index (κ2) is 5.86. The highest BCUT2D eigenvalue weighted by Crippen LogP contribution is 2.08. The molecular formula is C13H13FN2O2. The summed E-state index contributed by atoms with van der Waals surface area (Å²) in [6.07, 6.45) is 1.55. The van der Waals surface area contributed by atoms with E-state index in [1.54, 1.807) is 30.5 Å². The van der Waals surface area contributed by atoms with Crippen molar-refractivity contribution in [2.45, 2.75) is 6.54 Å². The molecular weight excluding hydrogens is 235 g/mol. The molecule has 0 aliphatic rings. The number of furan rings is 1. The molecule has 0 spiro atoms. The molecule has 1 amide bonds. The monoisotopic (exact) mass is 248 g/mol. The molecule has 0 saturated heterocycles. The Balaban J connectivity index is 1.75. The Morgan fingerprint density at radius 2 is 2.17 bits per heavy atom. The summed E-state index contributed by atoms with van der Waals surface area (Å²) >= 11 is 0. The van der Waals surface area contributed by atoms with E-state index in [-0.39, 0.29) is 18.3 Å². The molecule has 2 aromatic rings. The molecule has 1 aromatic carbocycles. The summed E-state index contributed by atoms with van der Waals surface area (Å²) < 4.78 is 18.0. The lowest BCUT2D eigenvalue weighted by Gasteiger charge is -2.06. The molecule has 0 fully saturated rings. The van der Waals surface area contributed by atoms with Crippen molar-refractivity contribution in [3.63, 3.8) is 0 Å². The third-order valence-electron chi connectivity index (χ3n) is 2.32. The van der Waals surface area contributed by atoms with Gasteiger partial charge in [-0.05, 0) is 30.3 Å². The number of benzene rings is 1. The number of nitrogens with one attached hydrogen (secondary N) is 2. The van der Waals surface area contributed by atoms with Crippen molar-refractivity contribution < 1.29 is 13.6 Å². The highest BCUT2D eigenvalue weighted by molar-refractivity contribution is 5.80. The van der Waals surface area contributed by atoms with Crippen LogP contribution in [-0.2, 0) is 11.3 Å². The van der Waals surface area contributed by atoms with Gasteiger partial charge in [0.2, 0.25) is 5.91 Å². The van der Waals surface area contributed by atoms with Gasteiger partial charge in [-0.2, -0.15) is 0 Å². The van der Waals surface area contributed by atoms with E-state index in [0.717, 1.165) is 0 Å². The van der Waals surface area contributed by atoms with Crippen LogP contribution in [-0.4, -0.2) is 12.5 Å². The molecule has 1 aromatic heterocycles. The van der Waals surface area contributed by atoms with Crippen molar-refractivity contribution in [3.05, 3.63) is 54.2 Å². The fraction of sp³-hybridized carbons (Fsp3) is 0.154. The van der Waals surface area contributed by atoms with Gasteiger partial charge in [0.1, 0.15) is 11.6 Å². The van der Waals surface area contributed by atoms with Crippen LogP contribution in [0.5, 0.6) is 0 Å². The maximum absolute atomic E-state index is 12.9. The Bertz CT molecular complexity index is 511. The summed E-state index contributed by atoms with van der Waals surface area (Å²) in [4.78, 5) is 11.5. The van der Waals surface area contributed by atoms with Crippen LogP contribution in [0.1, 0.15) is 5.76 Å². The highest BCUT2D eigenvalue weighted by atomic mass is 19.1. The van der Waals surface area contributed by atoms with E-state index in [4.69, 9.17) is 4.42 Å². The summed E-state index contributed by atoms with van der Waals surface area (Å²) in [5.74, 6) is 0.167. The molecule has 0 aliphatic carbocycles. The fourth-order valence-corrected chi connectivity index (χ4v) is 1.44. The summed E-state index contributed by atoms with van der Waals surface area (Å²) in [5.41, 5.74) is 0.572. The van der Waals surface area contributed by atoms with Crippen molar-refractivity contribution in [1.29, 1.82) is 0 Å². The summed E-state index contributed by atoms with van der Waals surface area (Å²) in [6, 6.07) is 9.50. The molecule has 5 heteroatoms. The lowest BCUT2D eigenvalue weighted by Crippen LogP contribution is -2.29. The summed E-state index contributed by atoms with van der Waals surface area (Å²) in [5, 5.41) is 5.51. The molecule has 2 N–H and O–H groups in total. The molecule has 0 unspecified atom stereocenters. The van der Waals surface area contributed by atoms with Crippen molar-refractivity contribution >= 4 is 11.6 Å². The van der Waals surface area contributed by atoms with Crippen LogP contribution >= 0.6 is 0 Å². The van der Waals surface area contributed by atoms with Crippen molar-refractivity contribution in [2.75, 3.05) is 11.9 Å². The quantitative estimate of drug-likeness (QED) is 0.852. The largest absolute Gasteiger partial charge is 0.467 e. The van der Waals surface area contributed by atoms with Gasteiger partial charge in [0.25, 0.3) is 0 Å². The molecule has 0 radical (unpaired) electrons. The van der Waals surface area contributed by atoms with Crippen LogP contribution in [0.2, 0.25) is 0 Å². The van der Waals surface area contributed by atoms with Crippen LogP contribution in [0.3, 0.4) is 0 Å². The van der Waals surface area contributed by atoms with Crippen LogP contribution in [0.4, 0.5) is 10.1 Å². The number of hydrogen-bond donors (Lipinski definition) is 2. The molecule has 2 rings (SSSR count). The summed E-state index contributed by atoms with van der Waals surface area (Å²) in [7, 11) is 0. The van der Waals surface area contributed by atoms with Gasteiger partial charge in [-0.25, -0.2) is 4.39 Å². The minimum Gasteiger partial charge on any atom is -0.467 e. The molecule has 0 saturated carbocycles. The second-order valence-electron chi connectivity index (χ2n) is 3.72. The molecule has 1 heterocycles. The highest BCUT2D eigenvalue weighted by Gasteiger charge is 2.02. The average Bonchev–Trinajstić information content (AvgIpc) is 2.87. The Hall–Kier alpha value is -2.30. The first-order valence-corrected chi connectivity index (χ1v) is 5.52. The van der Waals surface area contributed by atoms with E-state index in [9.17, 15) is 9.18 Å².